The highest BCUT2D eigenvalue weighted by Crippen LogP contribution is 2.48. The number of amides is 1. The number of benzene rings is 1. The molecule has 4 rings (SSSR count). The van der Waals surface area contributed by atoms with Crippen LogP contribution in [0.25, 0.3) is 16.6 Å². The SMILES string of the molecule is CCCCC1C(c2cc(=O)[nH]c3c4c(Br)cccc4nn23)CCN(C(=O)O)C1(C)CCCC. The van der Waals surface area contributed by atoms with Crippen molar-refractivity contribution in [1.29, 1.82) is 0 Å². The van der Waals surface area contributed by atoms with Crippen LogP contribution in [0.4, 0.5) is 4.79 Å². The molecule has 1 fully saturated rings. The van der Waals surface area contributed by atoms with Crippen LogP contribution in [0.2, 0.25) is 0 Å². The van der Waals surface area contributed by atoms with Crippen LogP contribution in [-0.4, -0.2) is 42.8 Å². The van der Waals surface area contributed by atoms with Gasteiger partial charge < -0.3 is 15.0 Å². The Morgan fingerprint density at radius 2 is 2.06 bits per heavy atom. The van der Waals surface area contributed by atoms with Crippen molar-refractivity contribution in [1.82, 2.24) is 19.5 Å². The standard InChI is InChI=1S/C25H33BrN4O3/c1-4-6-9-17-16(12-14-29(24(32)33)25(17,3)13-7-5-2)20-15-21(31)27-23-22-18(26)10-8-11-19(22)28-30(20)23/h8,10-11,15-17H,4-7,9,12-14H2,1-3H3,(H,27,31)(H,32,33). The van der Waals surface area contributed by atoms with Gasteiger partial charge in [0.15, 0.2) is 0 Å². The highest BCUT2D eigenvalue weighted by molar-refractivity contribution is 9.10. The molecule has 33 heavy (non-hydrogen) atoms. The van der Waals surface area contributed by atoms with E-state index in [1.54, 1.807) is 11.0 Å². The van der Waals surface area contributed by atoms with Crippen LogP contribution in [0.1, 0.15) is 77.3 Å². The summed E-state index contributed by atoms with van der Waals surface area (Å²) < 4.78 is 2.77. The molecule has 1 aliphatic heterocycles. The molecule has 0 bridgehead atoms. The van der Waals surface area contributed by atoms with Gasteiger partial charge in [-0.3, -0.25) is 4.79 Å². The van der Waals surface area contributed by atoms with Gasteiger partial charge >= 0.3 is 6.09 Å². The van der Waals surface area contributed by atoms with E-state index in [2.05, 4.69) is 41.7 Å². The van der Waals surface area contributed by atoms with Gasteiger partial charge in [-0.25, -0.2) is 9.31 Å². The number of carbonyl (C=O) groups is 1. The van der Waals surface area contributed by atoms with E-state index in [0.29, 0.717) is 18.6 Å². The Hall–Kier alpha value is -2.35. The lowest BCUT2D eigenvalue weighted by molar-refractivity contribution is -0.00761. The van der Waals surface area contributed by atoms with Crippen molar-refractivity contribution in [2.24, 2.45) is 5.92 Å². The lowest BCUT2D eigenvalue weighted by atomic mass is 9.66. The molecule has 0 aliphatic carbocycles. The Bertz CT molecular complexity index is 1220. The normalized spacial score (nSPS) is 23.5. The monoisotopic (exact) mass is 516 g/mol. The average Bonchev–Trinajstić information content (AvgIpc) is 3.15. The van der Waals surface area contributed by atoms with Crippen molar-refractivity contribution in [3.05, 3.63) is 44.8 Å². The predicted molar refractivity (Wildman–Crippen MR) is 134 cm³/mol. The van der Waals surface area contributed by atoms with Crippen LogP contribution in [0.15, 0.2) is 33.5 Å². The number of likely N-dealkylation sites (tertiary alicyclic amines) is 1. The summed E-state index contributed by atoms with van der Waals surface area (Å²) >= 11 is 3.61. The summed E-state index contributed by atoms with van der Waals surface area (Å²) in [4.78, 5) is 29.7. The van der Waals surface area contributed by atoms with Gasteiger partial charge in [-0.05, 0) is 60.2 Å². The van der Waals surface area contributed by atoms with E-state index in [9.17, 15) is 14.7 Å². The summed E-state index contributed by atoms with van der Waals surface area (Å²) in [5.41, 5.74) is 1.74. The second-order valence-corrected chi connectivity index (χ2v) is 10.3. The summed E-state index contributed by atoms with van der Waals surface area (Å²) in [6.07, 6.45) is 5.63. The third kappa shape index (κ3) is 4.18. The molecule has 0 spiro atoms. The average molecular weight is 517 g/mol. The summed E-state index contributed by atoms with van der Waals surface area (Å²) in [5.74, 6) is 0.154. The molecule has 1 saturated heterocycles. The van der Waals surface area contributed by atoms with Crippen LogP contribution >= 0.6 is 15.9 Å². The zero-order valence-electron chi connectivity index (χ0n) is 19.6. The fourth-order valence-electron chi connectivity index (χ4n) is 5.83. The van der Waals surface area contributed by atoms with Gasteiger partial charge in [0.1, 0.15) is 5.65 Å². The van der Waals surface area contributed by atoms with Gasteiger partial charge in [-0.15, -0.1) is 0 Å². The lowest BCUT2D eigenvalue weighted by Crippen LogP contribution is -2.59. The number of nitrogens with zero attached hydrogens (tertiary/aromatic N) is 3. The Balaban J connectivity index is 1.91. The number of piperidine rings is 1. The molecule has 3 aromatic rings. The molecule has 1 amide bonds. The van der Waals surface area contributed by atoms with Crippen LogP contribution in [0.3, 0.4) is 0 Å². The van der Waals surface area contributed by atoms with Crippen LogP contribution in [0.5, 0.6) is 0 Å². The molecule has 178 valence electrons. The van der Waals surface area contributed by atoms with Crippen molar-refractivity contribution in [3.63, 3.8) is 0 Å². The number of nitrogens with one attached hydrogen (secondary N) is 1. The first-order valence-electron chi connectivity index (χ1n) is 12.0. The minimum atomic E-state index is -0.849. The maximum absolute atomic E-state index is 12.8. The molecule has 3 unspecified atom stereocenters. The number of hydrogen-bond acceptors (Lipinski definition) is 3. The predicted octanol–water partition coefficient (Wildman–Crippen LogP) is 6.16. The lowest BCUT2D eigenvalue weighted by Gasteiger charge is -2.52. The highest BCUT2D eigenvalue weighted by atomic mass is 79.9. The number of hydrogen-bond donors (Lipinski definition) is 2. The van der Waals surface area contributed by atoms with Crippen molar-refractivity contribution < 1.29 is 9.90 Å². The molecule has 2 aromatic heterocycles. The molecular weight excluding hydrogens is 484 g/mol. The third-order valence-electron chi connectivity index (χ3n) is 7.49. The first kappa shape index (κ1) is 23.8. The second kappa shape index (κ2) is 9.49. The molecule has 3 heterocycles. The first-order chi connectivity index (χ1) is 15.8. The second-order valence-electron chi connectivity index (χ2n) is 9.49. The van der Waals surface area contributed by atoms with Crippen molar-refractivity contribution in [3.8, 4) is 0 Å². The minimum Gasteiger partial charge on any atom is -0.465 e. The zero-order chi connectivity index (χ0) is 23.8. The smallest absolute Gasteiger partial charge is 0.407 e. The van der Waals surface area contributed by atoms with E-state index in [-0.39, 0.29) is 17.4 Å². The summed E-state index contributed by atoms with van der Waals surface area (Å²) in [7, 11) is 0. The Kier molecular flexibility index (Phi) is 6.84. The van der Waals surface area contributed by atoms with E-state index < -0.39 is 11.6 Å². The topological polar surface area (TPSA) is 90.7 Å². The maximum Gasteiger partial charge on any atom is 0.407 e. The Morgan fingerprint density at radius 3 is 2.76 bits per heavy atom. The summed E-state index contributed by atoms with van der Waals surface area (Å²) in [6, 6.07) is 7.51. The van der Waals surface area contributed by atoms with Gasteiger partial charge in [-0.1, -0.05) is 45.6 Å². The zero-order valence-corrected chi connectivity index (χ0v) is 21.2. The molecule has 7 nitrogen and oxygen atoms in total. The molecule has 1 aliphatic rings. The minimum absolute atomic E-state index is 0.0480. The Labute approximate surface area is 202 Å². The number of aromatic nitrogens is 3. The van der Waals surface area contributed by atoms with Gasteiger partial charge in [0.2, 0.25) is 0 Å². The molecule has 3 atom stereocenters. The largest absolute Gasteiger partial charge is 0.465 e. The van der Waals surface area contributed by atoms with Gasteiger partial charge in [0, 0.05) is 28.5 Å². The maximum atomic E-state index is 12.8. The molecule has 0 radical (unpaired) electrons. The number of fused-ring (bicyclic) bond motifs is 3. The molecular formula is C25H33BrN4O3. The van der Waals surface area contributed by atoms with E-state index in [1.807, 2.05) is 22.7 Å². The van der Waals surface area contributed by atoms with E-state index in [4.69, 9.17) is 5.10 Å². The third-order valence-corrected chi connectivity index (χ3v) is 8.15. The van der Waals surface area contributed by atoms with Gasteiger partial charge in [-0.2, -0.15) is 5.10 Å². The fourth-order valence-corrected chi connectivity index (χ4v) is 6.37. The van der Waals surface area contributed by atoms with Gasteiger partial charge in [0.25, 0.3) is 5.56 Å². The van der Waals surface area contributed by atoms with Crippen LogP contribution in [-0.2, 0) is 0 Å². The van der Waals surface area contributed by atoms with Gasteiger partial charge in [0.05, 0.1) is 16.6 Å². The number of carboxylic acid groups (broad SMARTS) is 1. The highest BCUT2D eigenvalue weighted by Gasteiger charge is 2.49. The summed E-state index contributed by atoms with van der Waals surface area (Å²) in [6.45, 7) is 6.88. The van der Waals surface area contributed by atoms with Crippen molar-refractivity contribution in [2.75, 3.05) is 6.54 Å². The number of unbranched alkanes of at least 4 members (excludes halogenated alkanes) is 2. The summed E-state index contributed by atoms with van der Waals surface area (Å²) in [5, 5.41) is 15.8. The fraction of sp³-hybridized carbons (Fsp3) is 0.560. The van der Waals surface area contributed by atoms with E-state index in [1.165, 1.54) is 0 Å². The van der Waals surface area contributed by atoms with E-state index in [0.717, 1.165) is 59.6 Å². The van der Waals surface area contributed by atoms with Crippen LogP contribution in [0, 0.1) is 5.92 Å². The molecule has 0 saturated carbocycles. The van der Waals surface area contributed by atoms with Crippen molar-refractivity contribution in [2.45, 2.75) is 77.2 Å². The Morgan fingerprint density at radius 1 is 1.30 bits per heavy atom. The van der Waals surface area contributed by atoms with Crippen LogP contribution < -0.4 is 5.56 Å². The van der Waals surface area contributed by atoms with E-state index >= 15 is 0 Å². The number of halogens is 1. The molecule has 1 aromatic carbocycles. The first-order valence-corrected chi connectivity index (χ1v) is 12.8. The molecule has 8 heteroatoms. The number of aromatic amines is 1. The van der Waals surface area contributed by atoms with Crippen molar-refractivity contribution >= 4 is 38.6 Å². The number of rotatable bonds is 7. The molecule has 2 N–H and O–H groups in total. The number of H-pyrrole nitrogens is 1. The quantitative estimate of drug-likeness (QED) is 0.393.